The highest BCUT2D eigenvalue weighted by Crippen LogP contribution is 2.09. The van der Waals surface area contributed by atoms with Crippen molar-refractivity contribution in [1.29, 1.82) is 0 Å². The normalized spacial score (nSPS) is 15.9. The van der Waals surface area contributed by atoms with Crippen LogP contribution in [0.5, 0.6) is 0 Å². The largest absolute Gasteiger partial charge is 0.481 e. The first-order valence-corrected chi connectivity index (χ1v) is 10.4. The number of nitrogens with two attached hydrogens (primary N) is 1. The van der Waals surface area contributed by atoms with Crippen LogP contribution in [0.15, 0.2) is 0 Å². The number of aliphatic carboxylic acids is 2. The van der Waals surface area contributed by atoms with Gasteiger partial charge in [-0.2, -0.15) is 0 Å². The quantitative estimate of drug-likeness (QED) is 0.166. The van der Waals surface area contributed by atoms with Gasteiger partial charge in [0.05, 0.1) is 12.5 Å². The lowest BCUT2D eigenvalue weighted by Gasteiger charge is -2.26. The van der Waals surface area contributed by atoms with E-state index in [4.69, 9.17) is 10.8 Å². The number of aliphatic hydroxyl groups excluding tert-OH is 1. The van der Waals surface area contributed by atoms with Gasteiger partial charge in [0.1, 0.15) is 24.2 Å². The summed E-state index contributed by atoms with van der Waals surface area (Å²) in [4.78, 5) is 60.2. The van der Waals surface area contributed by atoms with Crippen LogP contribution >= 0.6 is 0 Å². The van der Waals surface area contributed by atoms with Crippen LogP contribution in [0, 0.1) is 11.8 Å². The highest BCUT2D eigenvalue weighted by molar-refractivity contribution is 5.95. The molecule has 32 heavy (non-hydrogen) atoms. The number of hydrogen-bond donors (Lipinski definition) is 7. The lowest BCUT2D eigenvalue weighted by atomic mass is 10.00. The standard InChI is InChI=1S/C20H36N4O8/c1-9(2)6-12(17(28)24-14(20(31)32)7-10(3)4)22-18(29)13(8-15(26)27)23-19(30)16(21)11(5)25/h9-14,16,25H,6-8,21H2,1-5H3,(H,22,29)(H,23,30)(H,24,28)(H,26,27)(H,31,32). The van der Waals surface area contributed by atoms with Crippen molar-refractivity contribution in [2.75, 3.05) is 0 Å². The van der Waals surface area contributed by atoms with Gasteiger partial charge in [-0.15, -0.1) is 0 Å². The SMILES string of the molecule is CC(C)CC(NC(=O)C(CC(C)C)NC(=O)C(CC(=O)O)NC(=O)C(N)C(C)O)C(=O)O. The molecule has 0 aliphatic carbocycles. The zero-order valence-corrected chi connectivity index (χ0v) is 19.1. The Morgan fingerprint density at radius 2 is 1.12 bits per heavy atom. The second-order valence-corrected chi connectivity index (χ2v) is 8.65. The third-order valence-corrected chi connectivity index (χ3v) is 4.50. The molecule has 5 unspecified atom stereocenters. The number of aliphatic hydroxyl groups is 1. The van der Waals surface area contributed by atoms with Crippen molar-refractivity contribution in [3.8, 4) is 0 Å². The summed E-state index contributed by atoms with van der Waals surface area (Å²) in [5, 5.41) is 34.8. The minimum Gasteiger partial charge on any atom is -0.481 e. The molecule has 12 nitrogen and oxygen atoms in total. The van der Waals surface area contributed by atoms with Gasteiger partial charge in [0.25, 0.3) is 0 Å². The minimum absolute atomic E-state index is 0.0113. The number of hydrogen-bond acceptors (Lipinski definition) is 7. The Hall–Kier alpha value is -2.73. The number of carbonyl (C=O) groups excluding carboxylic acids is 3. The Balaban J connectivity index is 5.54. The van der Waals surface area contributed by atoms with Crippen LogP contribution in [-0.4, -0.2) is 75.3 Å². The molecule has 3 amide bonds. The molecule has 0 rings (SSSR count). The monoisotopic (exact) mass is 460 g/mol. The van der Waals surface area contributed by atoms with Crippen molar-refractivity contribution >= 4 is 29.7 Å². The summed E-state index contributed by atoms with van der Waals surface area (Å²) in [6, 6.07) is -5.26. The number of carboxylic acid groups (broad SMARTS) is 2. The average Bonchev–Trinajstić information content (AvgIpc) is 2.64. The molecule has 0 radical (unpaired) electrons. The van der Waals surface area contributed by atoms with Gasteiger partial charge >= 0.3 is 11.9 Å². The maximum Gasteiger partial charge on any atom is 0.326 e. The number of nitrogens with one attached hydrogen (secondary N) is 3. The van der Waals surface area contributed by atoms with Crippen molar-refractivity contribution in [2.24, 2.45) is 17.6 Å². The first-order valence-electron chi connectivity index (χ1n) is 10.4. The van der Waals surface area contributed by atoms with Gasteiger partial charge in [0.15, 0.2) is 0 Å². The van der Waals surface area contributed by atoms with Crippen molar-refractivity contribution in [3.05, 3.63) is 0 Å². The Labute approximate surface area is 187 Å². The highest BCUT2D eigenvalue weighted by atomic mass is 16.4. The maximum atomic E-state index is 12.7. The molecular weight excluding hydrogens is 424 g/mol. The van der Waals surface area contributed by atoms with E-state index in [2.05, 4.69) is 16.0 Å². The Morgan fingerprint density at radius 3 is 1.53 bits per heavy atom. The summed E-state index contributed by atoms with van der Waals surface area (Å²) in [6.45, 7) is 8.43. The van der Waals surface area contributed by atoms with Gasteiger partial charge < -0.3 is 37.0 Å². The fourth-order valence-corrected chi connectivity index (χ4v) is 2.81. The average molecular weight is 461 g/mol. The van der Waals surface area contributed by atoms with Gasteiger partial charge in [-0.3, -0.25) is 19.2 Å². The molecule has 0 fully saturated rings. The van der Waals surface area contributed by atoms with E-state index in [1.807, 2.05) is 0 Å². The first kappa shape index (κ1) is 29.3. The molecule has 0 saturated carbocycles. The molecule has 0 aliphatic heterocycles. The molecule has 184 valence electrons. The smallest absolute Gasteiger partial charge is 0.326 e. The van der Waals surface area contributed by atoms with E-state index >= 15 is 0 Å². The summed E-state index contributed by atoms with van der Waals surface area (Å²) in [5.41, 5.74) is 5.52. The maximum absolute atomic E-state index is 12.7. The van der Waals surface area contributed by atoms with E-state index < -0.39 is 66.4 Å². The van der Waals surface area contributed by atoms with E-state index in [1.54, 1.807) is 27.7 Å². The predicted molar refractivity (Wildman–Crippen MR) is 114 cm³/mol. The summed E-state index contributed by atoms with van der Waals surface area (Å²) < 4.78 is 0. The van der Waals surface area contributed by atoms with Gasteiger partial charge in [-0.1, -0.05) is 27.7 Å². The van der Waals surface area contributed by atoms with E-state index in [9.17, 15) is 34.2 Å². The van der Waals surface area contributed by atoms with Gasteiger partial charge in [-0.25, -0.2) is 4.79 Å². The fourth-order valence-electron chi connectivity index (χ4n) is 2.81. The summed E-state index contributed by atoms with van der Waals surface area (Å²) in [7, 11) is 0. The zero-order chi connectivity index (χ0) is 25.2. The number of rotatable bonds is 14. The second-order valence-electron chi connectivity index (χ2n) is 8.65. The van der Waals surface area contributed by atoms with Crippen molar-refractivity contribution < 1.29 is 39.3 Å². The molecule has 0 aliphatic rings. The highest BCUT2D eigenvalue weighted by Gasteiger charge is 2.32. The van der Waals surface area contributed by atoms with Crippen LogP contribution in [-0.2, 0) is 24.0 Å². The van der Waals surface area contributed by atoms with Gasteiger partial charge in [0.2, 0.25) is 17.7 Å². The van der Waals surface area contributed by atoms with Gasteiger partial charge in [0, 0.05) is 0 Å². The molecule has 8 N–H and O–H groups in total. The van der Waals surface area contributed by atoms with Crippen molar-refractivity contribution in [2.45, 2.75) is 84.2 Å². The van der Waals surface area contributed by atoms with Crippen LogP contribution < -0.4 is 21.7 Å². The third-order valence-electron chi connectivity index (χ3n) is 4.50. The fraction of sp³-hybridized carbons (Fsp3) is 0.750. The van der Waals surface area contributed by atoms with Crippen LogP contribution in [0.2, 0.25) is 0 Å². The van der Waals surface area contributed by atoms with E-state index in [0.717, 1.165) is 0 Å². The third kappa shape index (κ3) is 11.0. The van der Waals surface area contributed by atoms with Crippen molar-refractivity contribution in [1.82, 2.24) is 16.0 Å². The van der Waals surface area contributed by atoms with E-state index in [0.29, 0.717) is 0 Å². The number of amides is 3. The van der Waals surface area contributed by atoms with Crippen LogP contribution in [0.4, 0.5) is 0 Å². The molecule has 5 atom stereocenters. The Bertz CT molecular complexity index is 681. The molecule has 0 saturated heterocycles. The number of carboxylic acids is 2. The second kappa shape index (κ2) is 13.6. The minimum atomic E-state index is -1.56. The summed E-state index contributed by atoms with van der Waals surface area (Å²) in [5.74, 6) is -5.31. The molecular formula is C20H36N4O8. The van der Waals surface area contributed by atoms with Crippen LogP contribution in [0.1, 0.15) is 53.9 Å². The van der Waals surface area contributed by atoms with Crippen molar-refractivity contribution in [3.63, 3.8) is 0 Å². The molecule has 0 aromatic rings. The topological polar surface area (TPSA) is 208 Å². The Kier molecular flexibility index (Phi) is 12.5. The molecule has 0 bridgehead atoms. The zero-order valence-electron chi connectivity index (χ0n) is 19.1. The summed E-state index contributed by atoms with van der Waals surface area (Å²) in [6.07, 6.45) is -1.70. The van der Waals surface area contributed by atoms with Crippen LogP contribution in [0.3, 0.4) is 0 Å². The predicted octanol–water partition coefficient (Wildman–Crippen LogP) is -1.20. The lowest BCUT2D eigenvalue weighted by Crippen LogP contribution is -2.58. The Morgan fingerprint density at radius 1 is 0.719 bits per heavy atom. The molecule has 0 heterocycles. The molecule has 0 spiro atoms. The summed E-state index contributed by atoms with van der Waals surface area (Å²) >= 11 is 0. The lowest BCUT2D eigenvalue weighted by molar-refractivity contribution is -0.143. The number of carbonyl (C=O) groups is 5. The van der Waals surface area contributed by atoms with E-state index in [1.165, 1.54) is 6.92 Å². The van der Waals surface area contributed by atoms with Crippen LogP contribution in [0.25, 0.3) is 0 Å². The first-order chi connectivity index (χ1) is 14.6. The molecule has 0 aromatic heterocycles. The van der Waals surface area contributed by atoms with E-state index in [-0.39, 0.29) is 24.7 Å². The van der Waals surface area contributed by atoms with Gasteiger partial charge in [-0.05, 0) is 31.6 Å². The molecule has 0 aromatic carbocycles. The molecule has 12 heteroatoms.